The normalized spacial score (nSPS) is 12.0. The van der Waals surface area contributed by atoms with E-state index in [1.54, 1.807) is 31.3 Å². The third kappa shape index (κ3) is 2.83. The molecule has 0 heterocycles. The van der Waals surface area contributed by atoms with Crippen molar-refractivity contribution in [3.05, 3.63) is 59.2 Å². The quantitative estimate of drug-likeness (QED) is 0.917. The van der Waals surface area contributed by atoms with Gasteiger partial charge in [-0.15, -0.1) is 0 Å². The van der Waals surface area contributed by atoms with Gasteiger partial charge in [-0.2, -0.15) is 0 Å². The number of nitrogens with one attached hydrogen (secondary N) is 1. The van der Waals surface area contributed by atoms with Gasteiger partial charge in [0.05, 0.1) is 20.3 Å². The molecule has 1 unspecified atom stereocenters. The summed E-state index contributed by atoms with van der Waals surface area (Å²) in [6.45, 7) is 0. The van der Waals surface area contributed by atoms with Crippen molar-refractivity contribution < 1.29 is 18.3 Å². The SMILES string of the molecule is CNC(c1cccc(F)c1F)c1cccc(OC)c1OC. The molecule has 0 aliphatic rings. The Bertz CT molecular complexity index is 632. The van der Waals surface area contributed by atoms with Gasteiger partial charge in [-0.25, -0.2) is 8.78 Å². The third-order valence-electron chi connectivity index (χ3n) is 3.33. The lowest BCUT2D eigenvalue weighted by molar-refractivity contribution is 0.349. The molecule has 1 atom stereocenters. The zero-order valence-corrected chi connectivity index (χ0v) is 12.1. The van der Waals surface area contributed by atoms with Crippen molar-refractivity contribution in [3.63, 3.8) is 0 Å². The van der Waals surface area contributed by atoms with Crippen LogP contribution in [0.15, 0.2) is 36.4 Å². The van der Waals surface area contributed by atoms with E-state index in [0.29, 0.717) is 17.1 Å². The highest BCUT2D eigenvalue weighted by molar-refractivity contribution is 5.50. The highest BCUT2D eigenvalue weighted by atomic mass is 19.2. The molecule has 0 fully saturated rings. The first-order valence-electron chi connectivity index (χ1n) is 6.46. The van der Waals surface area contributed by atoms with Crippen LogP contribution in [0.25, 0.3) is 0 Å². The lowest BCUT2D eigenvalue weighted by atomic mass is 9.97. The molecule has 1 N–H and O–H groups in total. The van der Waals surface area contributed by atoms with E-state index in [9.17, 15) is 8.78 Å². The van der Waals surface area contributed by atoms with Gasteiger partial charge in [-0.3, -0.25) is 0 Å². The van der Waals surface area contributed by atoms with Gasteiger partial charge in [0, 0.05) is 11.1 Å². The van der Waals surface area contributed by atoms with Gasteiger partial charge in [0.2, 0.25) is 0 Å². The number of ether oxygens (including phenoxy) is 2. The van der Waals surface area contributed by atoms with Crippen LogP contribution in [0.5, 0.6) is 11.5 Å². The van der Waals surface area contributed by atoms with E-state index in [1.807, 2.05) is 0 Å². The fraction of sp³-hybridized carbons (Fsp3) is 0.250. The van der Waals surface area contributed by atoms with Crippen molar-refractivity contribution in [2.24, 2.45) is 0 Å². The van der Waals surface area contributed by atoms with E-state index in [4.69, 9.17) is 9.47 Å². The van der Waals surface area contributed by atoms with Gasteiger partial charge >= 0.3 is 0 Å². The van der Waals surface area contributed by atoms with Crippen molar-refractivity contribution in [3.8, 4) is 11.5 Å². The Morgan fingerprint density at radius 3 is 2.24 bits per heavy atom. The van der Waals surface area contributed by atoms with Crippen molar-refractivity contribution in [2.75, 3.05) is 21.3 Å². The van der Waals surface area contributed by atoms with Crippen LogP contribution < -0.4 is 14.8 Å². The van der Waals surface area contributed by atoms with E-state index in [-0.39, 0.29) is 5.56 Å². The van der Waals surface area contributed by atoms with Gasteiger partial charge in [-0.1, -0.05) is 24.3 Å². The first-order chi connectivity index (χ1) is 10.1. The zero-order chi connectivity index (χ0) is 15.4. The lowest BCUT2D eigenvalue weighted by Crippen LogP contribution is -2.20. The molecule has 2 aromatic carbocycles. The molecule has 0 aromatic heterocycles. The van der Waals surface area contributed by atoms with E-state index in [2.05, 4.69) is 5.32 Å². The molecule has 0 saturated carbocycles. The molecule has 0 aliphatic heterocycles. The summed E-state index contributed by atoms with van der Waals surface area (Å²) in [5.74, 6) is -0.730. The molecule has 3 nitrogen and oxygen atoms in total. The summed E-state index contributed by atoms with van der Waals surface area (Å²) >= 11 is 0. The summed E-state index contributed by atoms with van der Waals surface area (Å²) in [4.78, 5) is 0. The summed E-state index contributed by atoms with van der Waals surface area (Å²) in [7, 11) is 4.71. The molecule has 2 rings (SSSR count). The second kappa shape index (κ2) is 6.54. The van der Waals surface area contributed by atoms with Gasteiger partial charge in [0.15, 0.2) is 23.1 Å². The minimum atomic E-state index is -0.880. The highest BCUT2D eigenvalue weighted by Crippen LogP contribution is 2.37. The molecule has 2 aromatic rings. The largest absolute Gasteiger partial charge is 0.493 e. The van der Waals surface area contributed by atoms with E-state index < -0.39 is 17.7 Å². The molecule has 112 valence electrons. The fourth-order valence-electron chi connectivity index (χ4n) is 2.36. The van der Waals surface area contributed by atoms with Crippen LogP contribution in [0, 0.1) is 11.6 Å². The molecule has 0 aliphatic carbocycles. The van der Waals surface area contributed by atoms with E-state index in [0.717, 1.165) is 6.07 Å². The van der Waals surface area contributed by atoms with Crippen molar-refractivity contribution in [2.45, 2.75) is 6.04 Å². The van der Waals surface area contributed by atoms with Crippen molar-refractivity contribution >= 4 is 0 Å². The van der Waals surface area contributed by atoms with Gasteiger partial charge < -0.3 is 14.8 Å². The molecule has 0 spiro atoms. The van der Waals surface area contributed by atoms with Crippen LogP contribution in [0.2, 0.25) is 0 Å². The Kier molecular flexibility index (Phi) is 4.75. The van der Waals surface area contributed by atoms with Crippen LogP contribution in [-0.4, -0.2) is 21.3 Å². The number of benzene rings is 2. The monoisotopic (exact) mass is 293 g/mol. The Labute approximate surface area is 122 Å². The number of rotatable bonds is 5. The van der Waals surface area contributed by atoms with Crippen LogP contribution in [0.1, 0.15) is 17.2 Å². The summed E-state index contributed by atoms with van der Waals surface area (Å²) in [5, 5.41) is 2.99. The van der Waals surface area contributed by atoms with Gasteiger partial charge in [0.1, 0.15) is 0 Å². The van der Waals surface area contributed by atoms with Crippen molar-refractivity contribution in [1.29, 1.82) is 0 Å². The number of methoxy groups -OCH3 is 2. The summed E-state index contributed by atoms with van der Waals surface area (Å²) in [6, 6.07) is 8.87. The Balaban J connectivity index is 2.59. The standard InChI is InChI=1S/C16H17F2NO2/c1-19-15(10-6-4-8-12(17)14(10)18)11-7-5-9-13(20-2)16(11)21-3/h4-9,15,19H,1-3H3. The average molecular weight is 293 g/mol. The highest BCUT2D eigenvalue weighted by Gasteiger charge is 2.23. The Hall–Kier alpha value is -2.14. The minimum Gasteiger partial charge on any atom is -0.493 e. The fourth-order valence-corrected chi connectivity index (χ4v) is 2.36. The Morgan fingerprint density at radius 1 is 0.952 bits per heavy atom. The van der Waals surface area contributed by atoms with Crippen molar-refractivity contribution in [1.82, 2.24) is 5.32 Å². The third-order valence-corrected chi connectivity index (χ3v) is 3.33. The van der Waals surface area contributed by atoms with E-state index in [1.165, 1.54) is 20.3 Å². The number of para-hydroxylation sites is 1. The molecule has 0 radical (unpaired) electrons. The number of hydrogen-bond acceptors (Lipinski definition) is 3. The molecule has 0 amide bonds. The maximum Gasteiger partial charge on any atom is 0.165 e. The van der Waals surface area contributed by atoms with Gasteiger partial charge in [-0.05, 0) is 19.2 Å². The molecule has 0 saturated heterocycles. The summed E-state index contributed by atoms with van der Waals surface area (Å²) in [5.41, 5.74) is 0.882. The predicted octanol–water partition coefficient (Wildman–Crippen LogP) is 3.29. The first-order valence-corrected chi connectivity index (χ1v) is 6.46. The zero-order valence-electron chi connectivity index (χ0n) is 12.1. The summed E-state index contributed by atoms with van der Waals surface area (Å²) in [6.07, 6.45) is 0. The summed E-state index contributed by atoms with van der Waals surface area (Å²) < 4.78 is 38.1. The van der Waals surface area contributed by atoms with Crippen LogP contribution in [0.4, 0.5) is 8.78 Å². The maximum atomic E-state index is 14.1. The average Bonchev–Trinajstić information content (AvgIpc) is 2.51. The molecule has 21 heavy (non-hydrogen) atoms. The minimum absolute atomic E-state index is 0.212. The molecule has 5 heteroatoms. The van der Waals surface area contributed by atoms with Crippen LogP contribution in [0.3, 0.4) is 0 Å². The number of halogens is 2. The second-order valence-electron chi connectivity index (χ2n) is 4.45. The molecular formula is C16H17F2NO2. The smallest absolute Gasteiger partial charge is 0.165 e. The second-order valence-corrected chi connectivity index (χ2v) is 4.45. The Morgan fingerprint density at radius 2 is 1.62 bits per heavy atom. The number of hydrogen-bond donors (Lipinski definition) is 1. The predicted molar refractivity (Wildman–Crippen MR) is 76.8 cm³/mol. The molecule has 0 bridgehead atoms. The first kappa shape index (κ1) is 15.3. The lowest BCUT2D eigenvalue weighted by Gasteiger charge is -2.21. The maximum absolute atomic E-state index is 14.1. The van der Waals surface area contributed by atoms with Crippen LogP contribution in [-0.2, 0) is 0 Å². The molecular weight excluding hydrogens is 276 g/mol. The van der Waals surface area contributed by atoms with Crippen LogP contribution >= 0.6 is 0 Å². The topological polar surface area (TPSA) is 30.5 Å². The van der Waals surface area contributed by atoms with E-state index >= 15 is 0 Å². The van der Waals surface area contributed by atoms with Gasteiger partial charge in [0.25, 0.3) is 0 Å².